The average Bonchev–Trinajstić information content (AvgIpc) is 3.11. The molecule has 30 heavy (non-hydrogen) atoms. The Morgan fingerprint density at radius 3 is 2.60 bits per heavy atom. The molecule has 1 aromatic heterocycles. The molecular weight excluding hydrogens is 409 g/mol. The molecule has 0 aliphatic heterocycles. The minimum Gasteiger partial charge on any atom is -0.497 e. The molecule has 158 valence electrons. The number of nitrogens with zero attached hydrogens (tertiary/aromatic N) is 3. The third-order valence-corrected chi connectivity index (χ3v) is 5.26. The van der Waals surface area contributed by atoms with Crippen LogP contribution in [0.2, 0.25) is 0 Å². The van der Waals surface area contributed by atoms with Gasteiger partial charge in [0.1, 0.15) is 17.3 Å². The van der Waals surface area contributed by atoms with Crippen LogP contribution in [0.15, 0.2) is 47.6 Å². The minimum atomic E-state index is -0.288. The fraction of sp³-hybridized carbons (Fsp3) is 0.250. The number of carbonyl (C=O) groups excluding carboxylic acids is 1. The van der Waals surface area contributed by atoms with Gasteiger partial charge in [-0.25, -0.2) is 4.39 Å². The Labute approximate surface area is 177 Å². The van der Waals surface area contributed by atoms with Crippen molar-refractivity contribution in [2.45, 2.75) is 11.7 Å². The Hall–Kier alpha value is -3.27. The van der Waals surface area contributed by atoms with Crippen LogP contribution >= 0.6 is 11.8 Å². The van der Waals surface area contributed by atoms with Crippen molar-refractivity contribution in [3.8, 4) is 11.5 Å². The summed E-state index contributed by atoms with van der Waals surface area (Å²) in [7, 11) is 4.92. The van der Waals surface area contributed by atoms with Gasteiger partial charge in [0.2, 0.25) is 5.91 Å². The zero-order valence-corrected chi connectivity index (χ0v) is 17.6. The van der Waals surface area contributed by atoms with Crippen LogP contribution in [-0.4, -0.2) is 40.6 Å². The van der Waals surface area contributed by atoms with E-state index in [1.165, 1.54) is 31.0 Å². The molecule has 2 N–H and O–H groups in total. The van der Waals surface area contributed by atoms with Crippen LogP contribution in [0, 0.1) is 5.82 Å². The maximum absolute atomic E-state index is 13.0. The van der Waals surface area contributed by atoms with E-state index < -0.39 is 0 Å². The second kappa shape index (κ2) is 9.97. The van der Waals surface area contributed by atoms with E-state index in [-0.39, 0.29) is 17.5 Å². The van der Waals surface area contributed by atoms with Gasteiger partial charge in [0.25, 0.3) is 0 Å². The van der Waals surface area contributed by atoms with Gasteiger partial charge in [0, 0.05) is 18.8 Å². The number of methoxy groups -OCH3 is 2. The zero-order valence-electron chi connectivity index (χ0n) is 16.8. The second-order valence-electron chi connectivity index (χ2n) is 6.22. The Balaban J connectivity index is 1.54. The predicted molar refractivity (Wildman–Crippen MR) is 114 cm³/mol. The summed E-state index contributed by atoms with van der Waals surface area (Å²) in [6.45, 7) is 0.422. The number of thioether (sulfide) groups is 1. The fourth-order valence-electron chi connectivity index (χ4n) is 2.59. The molecule has 8 nitrogen and oxygen atoms in total. The molecule has 3 aromatic rings. The van der Waals surface area contributed by atoms with Crippen LogP contribution in [0.1, 0.15) is 5.82 Å². The molecule has 0 saturated carbocycles. The van der Waals surface area contributed by atoms with Gasteiger partial charge in [-0.3, -0.25) is 4.79 Å². The van der Waals surface area contributed by atoms with Crippen molar-refractivity contribution >= 4 is 29.0 Å². The summed E-state index contributed by atoms with van der Waals surface area (Å²) < 4.78 is 25.2. The number of hydrogen-bond acceptors (Lipinski definition) is 7. The average molecular weight is 431 g/mol. The third-order valence-electron chi connectivity index (χ3n) is 4.24. The summed E-state index contributed by atoms with van der Waals surface area (Å²) in [5.74, 6) is 1.52. The number of benzene rings is 2. The predicted octanol–water partition coefficient (Wildman–Crippen LogP) is 3.31. The molecule has 0 aliphatic carbocycles. The van der Waals surface area contributed by atoms with Crippen molar-refractivity contribution in [1.29, 1.82) is 0 Å². The summed E-state index contributed by atoms with van der Waals surface area (Å²) in [5.41, 5.74) is 1.34. The largest absolute Gasteiger partial charge is 0.497 e. The molecule has 0 fully saturated rings. The maximum Gasteiger partial charge on any atom is 0.234 e. The quantitative estimate of drug-likeness (QED) is 0.502. The number of carbonyl (C=O) groups is 1. The summed E-state index contributed by atoms with van der Waals surface area (Å²) in [5, 5.41) is 14.9. The molecular formula is C20H22FN5O3S. The highest BCUT2D eigenvalue weighted by Gasteiger charge is 2.13. The van der Waals surface area contributed by atoms with Crippen LogP contribution in [0.3, 0.4) is 0 Å². The molecule has 1 heterocycles. The van der Waals surface area contributed by atoms with Crippen molar-refractivity contribution in [2.24, 2.45) is 7.05 Å². The van der Waals surface area contributed by atoms with E-state index in [0.717, 1.165) is 5.69 Å². The second-order valence-corrected chi connectivity index (χ2v) is 7.16. The van der Waals surface area contributed by atoms with Gasteiger partial charge < -0.3 is 24.7 Å². The molecule has 0 spiro atoms. The molecule has 10 heteroatoms. The van der Waals surface area contributed by atoms with Crippen molar-refractivity contribution in [1.82, 2.24) is 14.8 Å². The monoisotopic (exact) mass is 431 g/mol. The topological polar surface area (TPSA) is 90.3 Å². The smallest absolute Gasteiger partial charge is 0.234 e. The highest BCUT2D eigenvalue weighted by Crippen LogP contribution is 2.29. The number of amides is 1. The molecule has 0 saturated heterocycles. The van der Waals surface area contributed by atoms with Gasteiger partial charge in [-0.05, 0) is 36.4 Å². The normalized spacial score (nSPS) is 10.5. The van der Waals surface area contributed by atoms with Crippen LogP contribution in [-0.2, 0) is 18.4 Å². The summed E-state index contributed by atoms with van der Waals surface area (Å²) in [4.78, 5) is 12.3. The van der Waals surface area contributed by atoms with Crippen LogP contribution in [0.5, 0.6) is 11.5 Å². The SMILES string of the molecule is COc1ccc(NC(=O)CSc2nnc(CNc3ccc(F)cc3)n2C)c(OC)c1. The van der Waals surface area contributed by atoms with Gasteiger partial charge >= 0.3 is 0 Å². The molecule has 0 radical (unpaired) electrons. The first kappa shape index (κ1) is 21.4. The van der Waals surface area contributed by atoms with E-state index in [2.05, 4.69) is 20.8 Å². The number of rotatable bonds is 9. The van der Waals surface area contributed by atoms with Crippen molar-refractivity contribution in [3.63, 3.8) is 0 Å². The van der Waals surface area contributed by atoms with Gasteiger partial charge in [0.05, 0.1) is 32.2 Å². The standard InChI is InChI=1S/C20H22FN5O3S/c1-26-18(11-22-14-6-4-13(21)5-7-14)24-25-20(26)30-12-19(27)23-16-9-8-15(28-2)10-17(16)29-3/h4-10,22H,11-12H2,1-3H3,(H,23,27). The van der Waals surface area contributed by atoms with Crippen LogP contribution < -0.4 is 20.1 Å². The van der Waals surface area contributed by atoms with Gasteiger partial charge in [-0.15, -0.1) is 10.2 Å². The van der Waals surface area contributed by atoms with Gasteiger partial charge in [0.15, 0.2) is 11.0 Å². The van der Waals surface area contributed by atoms with Crippen molar-refractivity contribution in [3.05, 3.63) is 54.1 Å². The zero-order chi connectivity index (χ0) is 21.5. The Bertz CT molecular complexity index is 1010. The molecule has 3 rings (SSSR count). The van der Waals surface area contributed by atoms with Crippen molar-refractivity contribution in [2.75, 3.05) is 30.6 Å². The Kier molecular flexibility index (Phi) is 7.12. The molecule has 0 aliphatic rings. The van der Waals surface area contributed by atoms with E-state index in [0.29, 0.717) is 34.7 Å². The first-order valence-corrected chi connectivity index (χ1v) is 10.0. The number of aromatic nitrogens is 3. The number of halogens is 1. The lowest BCUT2D eigenvalue weighted by atomic mass is 10.2. The first-order valence-electron chi connectivity index (χ1n) is 9.02. The number of hydrogen-bond donors (Lipinski definition) is 2. The molecule has 2 aromatic carbocycles. The summed E-state index contributed by atoms with van der Waals surface area (Å²) in [6.07, 6.45) is 0. The van der Waals surface area contributed by atoms with Crippen LogP contribution in [0.25, 0.3) is 0 Å². The molecule has 0 atom stereocenters. The lowest BCUT2D eigenvalue weighted by Crippen LogP contribution is -2.15. The van der Waals surface area contributed by atoms with Gasteiger partial charge in [-0.1, -0.05) is 11.8 Å². The fourth-order valence-corrected chi connectivity index (χ4v) is 3.32. The van der Waals surface area contributed by atoms with Crippen LogP contribution in [0.4, 0.5) is 15.8 Å². The van der Waals surface area contributed by atoms with Gasteiger partial charge in [-0.2, -0.15) is 0 Å². The van der Waals surface area contributed by atoms with E-state index in [9.17, 15) is 9.18 Å². The lowest BCUT2D eigenvalue weighted by Gasteiger charge is -2.11. The number of nitrogens with one attached hydrogen (secondary N) is 2. The summed E-state index contributed by atoms with van der Waals surface area (Å²) in [6, 6.07) is 11.2. The molecule has 0 unspecified atom stereocenters. The molecule has 0 bridgehead atoms. The minimum absolute atomic E-state index is 0.159. The lowest BCUT2D eigenvalue weighted by molar-refractivity contribution is -0.113. The number of ether oxygens (including phenoxy) is 2. The Morgan fingerprint density at radius 2 is 1.90 bits per heavy atom. The highest BCUT2D eigenvalue weighted by atomic mass is 32.2. The van der Waals surface area contributed by atoms with Crippen molar-refractivity contribution < 1.29 is 18.7 Å². The Morgan fingerprint density at radius 1 is 1.13 bits per heavy atom. The summed E-state index contributed by atoms with van der Waals surface area (Å²) >= 11 is 1.27. The first-order chi connectivity index (χ1) is 14.5. The third kappa shape index (κ3) is 5.41. The maximum atomic E-state index is 13.0. The number of anilines is 2. The van der Waals surface area contributed by atoms with E-state index in [1.807, 2.05) is 11.6 Å². The van der Waals surface area contributed by atoms with E-state index in [1.54, 1.807) is 37.4 Å². The highest BCUT2D eigenvalue weighted by molar-refractivity contribution is 7.99. The van der Waals surface area contributed by atoms with E-state index >= 15 is 0 Å². The molecule has 1 amide bonds. The van der Waals surface area contributed by atoms with E-state index in [4.69, 9.17) is 9.47 Å².